The average Bonchev–Trinajstić information content (AvgIpc) is 2.77. The molecule has 1 aromatic rings. The van der Waals surface area contributed by atoms with Gasteiger partial charge in [-0.2, -0.15) is 0 Å². The van der Waals surface area contributed by atoms with Crippen molar-refractivity contribution in [3.8, 4) is 0 Å². The van der Waals surface area contributed by atoms with Crippen molar-refractivity contribution < 1.29 is 5.11 Å². The Bertz CT molecular complexity index is 258. The molecule has 0 fully saturated rings. The van der Waals surface area contributed by atoms with Gasteiger partial charge in [-0.05, 0) is 6.42 Å². The van der Waals surface area contributed by atoms with Crippen LogP contribution in [0.1, 0.15) is 25.3 Å². The summed E-state index contributed by atoms with van der Waals surface area (Å²) in [4.78, 5) is 4.22. The number of nitrogens with zero attached hydrogens (tertiary/aromatic N) is 1. The van der Waals surface area contributed by atoms with Gasteiger partial charge >= 0.3 is 0 Å². The van der Waals surface area contributed by atoms with Crippen molar-refractivity contribution in [2.45, 2.75) is 26.7 Å². The number of nitrogens with one attached hydrogen (secondary N) is 1. The fraction of sp³-hybridized carbons (Fsp3) is 0.727. The topological polar surface area (TPSA) is 45.1 Å². The van der Waals surface area contributed by atoms with Crippen LogP contribution in [-0.4, -0.2) is 29.8 Å². The number of hydrogen-bond acceptors (Lipinski definition) is 4. The predicted molar refractivity (Wildman–Crippen MR) is 64.2 cm³/mol. The molecule has 0 radical (unpaired) electrons. The van der Waals surface area contributed by atoms with Gasteiger partial charge < -0.3 is 10.4 Å². The standard InChI is InChI=1S/C11H20N2OS/c1-3-11(2,9-14)8-12-5-4-10-13-6-7-15-10/h6-7,12,14H,3-5,8-9H2,1-2H3. The molecule has 0 saturated carbocycles. The Kier molecular flexibility index (Phi) is 5.22. The van der Waals surface area contributed by atoms with Gasteiger partial charge in [-0.25, -0.2) is 4.98 Å². The van der Waals surface area contributed by atoms with Crippen molar-refractivity contribution in [3.05, 3.63) is 16.6 Å². The van der Waals surface area contributed by atoms with Crippen LogP contribution in [0.2, 0.25) is 0 Å². The van der Waals surface area contributed by atoms with Crippen LogP contribution in [0.15, 0.2) is 11.6 Å². The number of aliphatic hydroxyl groups excluding tert-OH is 1. The van der Waals surface area contributed by atoms with Crippen LogP contribution in [0, 0.1) is 5.41 Å². The van der Waals surface area contributed by atoms with Gasteiger partial charge in [0, 0.05) is 43.1 Å². The maximum absolute atomic E-state index is 9.22. The zero-order valence-corrected chi connectivity index (χ0v) is 10.3. The second kappa shape index (κ2) is 6.20. The van der Waals surface area contributed by atoms with E-state index in [0.717, 1.165) is 25.9 Å². The maximum atomic E-state index is 9.22. The van der Waals surface area contributed by atoms with Crippen molar-refractivity contribution in [1.29, 1.82) is 0 Å². The number of aliphatic hydroxyl groups is 1. The number of rotatable bonds is 7. The quantitative estimate of drug-likeness (QED) is 0.698. The fourth-order valence-corrected chi connectivity index (χ4v) is 1.88. The summed E-state index contributed by atoms with van der Waals surface area (Å²) in [6.45, 7) is 6.25. The van der Waals surface area contributed by atoms with Crippen molar-refractivity contribution in [2.75, 3.05) is 19.7 Å². The molecule has 0 bridgehead atoms. The average molecular weight is 228 g/mol. The predicted octanol–water partition coefficient (Wildman–Crippen LogP) is 1.68. The minimum Gasteiger partial charge on any atom is -0.396 e. The van der Waals surface area contributed by atoms with E-state index in [1.165, 1.54) is 5.01 Å². The Labute approximate surface area is 95.6 Å². The molecular formula is C11H20N2OS. The van der Waals surface area contributed by atoms with Crippen LogP contribution in [0.25, 0.3) is 0 Å². The molecule has 0 aliphatic rings. The number of hydrogen-bond donors (Lipinski definition) is 2. The highest BCUT2D eigenvalue weighted by Crippen LogP contribution is 2.18. The highest BCUT2D eigenvalue weighted by atomic mass is 32.1. The van der Waals surface area contributed by atoms with E-state index in [1.807, 2.05) is 11.6 Å². The molecule has 1 rings (SSSR count). The van der Waals surface area contributed by atoms with E-state index < -0.39 is 0 Å². The lowest BCUT2D eigenvalue weighted by atomic mass is 9.89. The molecule has 0 aliphatic heterocycles. The SMILES string of the molecule is CCC(C)(CO)CNCCc1nccs1. The van der Waals surface area contributed by atoms with Crippen molar-refractivity contribution >= 4 is 11.3 Å². The van der Waals surface area contributed by atoms with Gasteiger partial charge in [-0.3, -0.25) is 0 Å². The molecule has 1 atom stereocenters. The summed E-state index contributed by atoms with van der Waals surface area (Å²) in [5.74, 6) is 0. The number of thiazole rings is 1. The third kappa shape index (κ3) is 4.28. The van der Waals surface area contributed by atoms with Gasteiger partial charge in [-0.1, -0.05) is 13.8 Å². The minimum absolute atomic E-state index is 0.0167. The highest BCUT2D eigenvalue weighted by molar-refractivity contribution is 7.09. The van der Waals surface area contributed by atoms with Gasteiger partial charge in [0.15, 0.2) is 0 Å². The Morgan fingerprint density at radius 2 is 2.40 bits per heavy atom. The molecule has 0 aromatic carbocycles. The molecule has 1 heterocycles. The fourth-order valence-electron chi connectivity index (χ4n) is 1.25. The third-order valence-electron chi connectivity index (χ3n) is 2.79. The van der Waals surface area contributed by atoms with E-state index in [0.29, 0.717) is 0 Å². The minimum atomic E-state index is 0.0167. The van der Waals surface area contributed by atoms with Gasteiger partial charge in [-0.15, -0.1) is 11.3 Å². The maximum Gasteiger partial charge on any atom is 0.0937 e. The van der Waals surface area contributed by atoms with Crippen LogP contribution in [0.5, 0.6) is 0 Å². The van der Waals surface area contributed by atoms with E-state index in [1.54, 1.807) is 11.3 Å². The lowest BCUT2D eigenvalue weighted by Crippen LogP contribution is -2.35. The normalized spacial score (nSPS) is 15.1. The Morgan fingerprint density at radius 1 is 1.60 bits per heavy atom. The largest absolute Gasteiger partial charge is 0.396 e. The summed E-state index contributed by atoms with van der Waals surface area (Å²) < 4.78 is 0. The monoisotopic (exact) mass is 228 g/mol. The highest BCUT2D eigenvalue weighted by Gasteiger charge is 2.19. The number of aromatic nitrogens is 1. The summed E-state index contributed by atoms with van der Waals surface area (Å²) in [6, 6.07) is 0. The Balaban J connectivity index is 2.16. The second-order valence-corrected chi connectivity index (χ2v) is 5.15. The van der Waals surface area contributed by atoms with Crippen LogP contribution in [-0.2, 0) is 6.42 Å². The summed E-state index contributed by atoms with van der Waals surface area (Å²) in [6.07, 6.45) is 3.81. The van der Waals surface area contributed by atoms with Crippen LogP contribution < -0.4 is 5.32 Å². The molecule has 4 heteroatoms. The summed E-state index contributed by atoms with van der Waals surface area (Å²) in [5.41, 5.74) is 0.0167. The zero-order chi connectivity index (χ0) is 11.1. The Morgan fingerprint density at radius 3 is 2.93 bits per heavy atom. The van der Waals surface area contributed by atoms with E-state index in [4.69, 9.17) is 0 Å². The first kappa shape index (κ1) is 12.6. The first-order valence-corrected chi connectivity index (χ1v) is 6.28. The third-order valence-corrected chi connectivity index (χ3v) is 3.63. The van der Waals surface area contributed by atoms with Gasteiger partial charge in [0.1, 0.15) is 0 Å². The van der Waals surface area contributed by atoms with Gasteiger partial charge in [0.25, 0.3) is 0 Å². The summed E-state index contributed by atoms with van der Waals surface area (Å²) >= 11 is 1.69. The van der Waals surface area contributed by atoms with E-state index in [2.05, 4.69) is 24.1 Å². The molecule has 0 amide bonds. The molecule has 1 unspecified atom stereocenters. The molecular weight excluding hydrogens is 208 g/mol. The molecule has 86 valence electrons. The van der Waals surface area contributed by atoms with Gasteiger partial charge in [0.05, 0.1) is 5.01 Å². The van der Waals surface area contributed by atoms with Gasteiger partial charge in [0.2, 0.25) is 0 Å². The first-order valence-electron chi connectivity index (χ1n) is 5.40. The van der Waals surface area contributed by atoms with E-state index >= 15 is 0 Å². The van der Waals surface area contributed by atoms with Crippen molar-refractivity contribution in [2.24, 2.45) is 5.41 Å². The van der Waals surface area contributed by atoms with Crippen molar-refractivity contribution in [1.82, 2.24) is 10.3 Å². The van der Waals surface area contributed by atoms with E-state index in [9.17, 15) is 5.11 Å². The molecule has 0 saturated heterocycles. The first-order chi connectivity index (χ1) is 7.20. The van der Waals surface area contributed by atoms with Crippen LogP contribution in [0.3, 0.4) is 0 Å². The smallest absolute Gasteiger partial charge is 0.0937 e. The molecule has 0 aliphatic carbocycles. The lowest BCUT2D eigenvalue weighted by Gasteiger charge is -2.25. The second-order valence-electron chi connectivity index (χ2n) is 4.17. The summed E-state index contributed by atoms with van der Waals surface area (Å²) in [7, 11) is 0. The van der Waals surface area contributed by atoms with E-state index in [-0.39, 0.29) is 12.0 Å². The molecule has 3 nitrogen and oxygen atoms in total. The van der Waals surface area contributed by atoms with Crippen molar-refractivity contribution in [3.63, 3.8) is 0 Å². The Hall–Kier alpha value is -0.450. The lowest BCUT2D eigenvalue weighted by molar-refractivity contribution is 0.136. The molecule has 1 aromatic heterocycles. The summed E-state index contributed by atoms with van der Waals surface area (Å²) in [5, 5.41) is 15.8. The molecule has 0 spiro atoms. The molecule has 15 heavy (non-hydrogen) atoms. The molecule has 2 N–H and O–H groups in total. The zero-order valence-electron chi connectivity index (χ0n) is 9.49. The van der Waals surface area contributed by atoms with Crippen LogP contribution in [0.4, 0.5) is 0 Å². The van der Waals surface area contributed by atoms with Crippen LogP contribution >= 0.6 is 11.3 Å².